The molecule has 158 valence electrons. The van der Waals surface area contributed by atoms with Crippen LogP contribution in [-0.2, 0) is 21.0 Å². The number of benzene rings is 1. The third-order valence-corrected chi connectivity index (χ3v) is 7.85. The number of thiophene rings is 1. The number of hydrogen-bond donors (Lipinski definition) is 2. The highest BCUT2D eigenvalue weighted by Crippen LogP contribution is 2.52. The second-order valence-electron chi connectivity index (χ2n) is 6.74. The van der Waals surface area contributed by atoms with Crippen molar-refractivity contribution in [3.05, 3.63) is 59.8 Å². The minimum atomic E-state index is -4.69. The maximum Gasteiger partial charge on any atom is 0.436 e. The number of aromatic nitrogens is 1. The number of alkyl halides is 3. The molecule has 1 fully saturated rings. The van der Waals surface area contributed by atoms with Crippen molar-refractivity contribution in [1.29, 1.82) is 0 Å². The van der Waals surface area contributed by atoms with Crippen molar-refractivity contribution in [2.45, 2.75) is 28.3 Å². The summed E-state index contributed by atoms with van der Waals surface area (Å²) in [6.45, 7) is 0. The minimum absolute atomic E-state index is 0.0842. The molecule has 1 saturated carbocycles. The molecule has 1 aliphatic rings. The third kappa shape index (κ3) is 3.61. The van der Waals surface area contributed by atoms with E-state index in [1.165, 1.54) is 12.1 Å². The summed E-state index contributed by atoms with van der Waals surface area (Å²) in [5.41, 5.74) is -2.22. The van der Waals surface area contributed by atoms with Crippen LogP contribution in [0.15, 0.2) is 57.3 Å². The molecule has 0 aliphatic heterocycles. The predicted molar refractivity (Wildman–Crippen MR) is 99.3 cm³/mol. The molecule has 2 N–H and O–H groups in total. The fraction of sp³-hybridized carbons (Fsp3) is 0.222. The van der Waals surface area contributed by atoms with Gasteiger partial charge in [0, 0.05) is 12.0 Å². The Labute approximate surface area is 172 Å². The molecule has 0 saturated heterocycles. The monoisotopic (exact) mass is 458 g/mol. The van der Waals surface area contributed by atoms with Gasteiger partial charge in [-0.15, -0.1) is 11.3 Å². The lowest BCUT2D eigenvalue weighted by atomic mass is 10.1. The Morgan fingerprint density at radius 1 is 1.23 bits per heavy atom. The van der Waals surface area contributed by atoms with Gasteiger partial charge in [-0.05, 0) is 24.1 Å². The number of nitrogens with zero attached hydrogens (tertiary/aromatic N) is 1. The first-order valence-electron chi connectivity index (χ1n) is 8.49. The Bertz CT molecular complexity index is 1200. The Hall–Kier alpha value is -2.70. The highest BCUT2D eigenvalue weighted by molar-refractivity contribution is 7.91. The van der Waals surface area contributed by atoms with Crippen LogP contribution in [0.3, 0.4) is 0 Å². The molecule has 1 aliphatic carbocycles. The maximum atomic E-state index is 12.8. The van der Waals surface area contributed by atoms with Crippen LogP contribution in [0.5, 0.6) is 0 Å². The molecule has 0 amide bonds. The quantitative estimate of drug-likeness (QED) is 0.583. The maximum absolute atomic E-state index is 12.8. The lowest BCUT2D eigenvalue weighted by molar-refractivity contribution is -0.143. The highest BCUT2D eigenvalue weighted by atomic mass is 32.2. The van der Waals surface area contributed by atoms with E-state index in [1.807, 2.05) is 0 Å². The van der Waals surface area contributed by atoms with Gasteiger partial charge in [-0.2, -0.15) is 17.9 Å². The predicted octanol–water partition coefficient (Wildman–Crippen LogP) is 3.71. The number of nitrogens with one attached hydrogen (secondary N) is 1. The number of carboxylic acids is 1. The van der Waals surface area contributed by atoms with Crippen LogP contribution in [-0.4, -0.2) is 30.2 Å². The van der Waals surface area contributed by atoms with E-state index in [2.05, 4.69) is 14.4 Å². The van der Waals surface area contributed by atoms with Gasteiger partial charge in [0.25, 0.3) is 10.0 Å². The first-order chi connectivity index (χ1) is 14.0. The molecule has 4 rings (SSSR count). The first kappa shape index (κ1) is 20.6. The van der Waals surface area contributed by atoms with Crippen LogP contribution in [0.25, 0.3) is 10.6 Å². The summed E-state index contributed by atoms with van der Waals surface area (Å²) in [5.74, 6) is -2.08. The SMILES string of the molecule is O=C(O)[C@]1(NS(=O)(=O)c2ccc(-c3cc(C(F)(F)F)no3)s2)C[C@H]1c1ccccc1. The summed E-state index contributed by atoms with van der Waals surface area (Å²) in [4.78, 5) is 12.0. The van der Waals surface area contributed by atoms with E-state index in [0.29, 0.717) is 23.0 Å². The third-order valence-electron chi connectivity index (χ3n) is 4.75. The van der Waals surface area contributed by atoms with Gasteiger partial charge >= 0.3 is 12.1 Å². The molecule has 0 spiro atoms. The fourth-order valence-electron chi connectivity index (χ4n) is 3.16. The van der Waals surface area contributed by atoms with Gasteiger partial charge in [0.05, 0.1) is 4.88 Å². The summed E-state index contributed by atoms with van der Waals surface area (Å²) in [5, 5.41) is 12.6. The molecule has 0 radical (unpaired) electrons. The first-order valence-corrected chi connectivity index (χ1v) is 10.8. The number of carbonyl (C=O) groups is 1. The Morgan fingerprint density at radius 2 is 1.93 bits per heavy atom. The summed E-state index contributed by atoms with van der Waals surface area (Å²) in [7, 11) is -4.25. The number of sulfonamides is 1. The average molecular weight is 458 g/mol. The average Bonchev–Trinajstić information content (AvgIpc) is 3.05. The van der Waals surface area contributed by atoms with Crippen LogP contribution in [0.1, 0.15) is 23.6 Å². The van der Waals surface area contributed by atoms with Crippen molar-refractivity contribution in [2.75, 3.05) is 0 Å². The molecule has 0 unspecified atom stereocenters. The largest absolute Gasteiger partial charge is 0.480 e. The molecular weight excluding hydrogens is 445 g/mol. The number of carboxylic acid groups (broad SMARTS) is 1. The Morgan fingerprint density at radius 3 is 2.53 bits per heavy atom. The summed E-state index contributed by atoms with van der Waals surface area (Å²) >= 11 is 0.650. The molecular formula is C18H13F3N2O5S2. The lowest BCUT2D eigenvalue weighted by Gasteiger charge is -2.14. The zero-order valence-corrected chi connectivity index (χ0v) is 16.5. The van der Waals surface area contributed by atoms with Crippen LogP contribution in [0.2, 0.25) is 0 Å². The number of hydrogen-bond acceptors (Lipinski definition) is 6. The zero-order valence-electron chi connectivity index (χ0n) is 14.9. The number of rotatable bonds is 6. The number of aliphatic carboxylic acids is 1. The van der Waals surface area contributed by atoms with Crippen molar-refractivity contribution in [1.82, 2.24) is 9.88 Å². The van der Waals surface area contributed by atoms with Gasteiger partial charge in [0.1, 0.15) is 9.75 Å². The van der Waals surface area contributed by atoms with E-state index < -0.39 is 39.3 Å². The normalized spacial score (nSPS) is 21.5. The lowest BCUT2D eigenvalue weighted by Crippen LogP contribution is -2.44. The molecule has 7 nitrogen and oxygen atoms in total. The van der Waals surface area contributed by atoms with Gasteiger partial charge in [0.15, 0.2) is 11.5 Å². The van der Waals surface area contributed by atoms with Gasteiger partial charge < -0.3 is 9.63 Å². The van der Waals surface area contributed by atoms with Crippen molar-refractivity contribution in [2.24, 2.45) is 0 Å². The van der Waals surface area contributed by atoms with Crippen LogP contribution in [0.4, 0.5) is 13.2 Å². The molecule has 30 heavy (non-hydrogen) atoms. The highest BCUT2D eigenvalue weighted by Gasteiger charge is 2.63. The van der Waals surface area contributed by atoms with E-state index >= 15 is 0 Å². The van der Waals surface area contributed by atoms with Crippen molar-refractivity contribution >= 4 is 27.3 Å². The number of halogens is 3. The van der Waals surface area contributed by atoms with Crippen LogP contribution < -0.4 is 4.72 Å². The van der Waals surface area contributed by atoms with Gasteiger partial charge in [-0.25, -0.2) is 8.42 Å². The second-order valence-corrected chi connectivity index (χ2v) is 9.74. The Kier molecular flexibility index (Phi) is 4.75. The van der Waals surface area contributed by atoms with E-state index in [0.717, 1.165) is 0 Å². The van der Waals surface area contributed by atoms with E-state index in [9.17, 15) is 31.5 Å². The summed E-state index contributed by atoms with van der Waals surface area (Å²) < 4.78 is 70.3. The topological polar surface area (TPSA) is 110 Å². The molecule has 2 atom stereocenters. The van der Waals surface area contributed by atoms with Gasteiger partial charge in [-0.1, -0.05) is 35.5 Å². The van der Waals surface area contributed by atoms with Crippen molar-refractivity contribution in [3.8, 4) is 10.6 Å². The van der Waals surface area contributed by atoms with Crippen molar-refractivity contribution < 1.29 is 36.0 Å². The second kappa shape index (κ2) is 6.93. The molecule has 2 aromatic heterocycles. The molecule has 1 aromatic carbocycles. The molecule has 0 bridgehead atoms. The van der Waals surface area contributed by atoms with E-state index in [-0.39, 0.29) is 21.3 Å². The summed E-state index contributed by atoms with van der Waals surface area (Å²) in [6.07, 6.45) is -4.61. The summed E-state index contributed by atoms with van der Waals surface area (Å²) in [6, 6.07) is 11.8. The van der Waals surface area contributed by atoms with Crippen molar-refractivity contribution in [3.63, 3.8) is 0 Å². The Balaban J connectivity index is 1.59. The molecule has 2 heterocycles. The molecule has 12 heteroatoms. The zero-order chi connectivity index (χ0) is 21.7. The molecule has 3 aromatic rings. The van der Waals surface area contributed by atoms with E-state index in [4.69, 9.17) is 0 Å². The van der Waals surface area contributed by atoms with Gasteiger partial charge in [0.2, 0.25) is 0 Å². The fourth-order valence-corrected chi connectivity index (χ4v) is 5.81. The van der Waals surface area contributed by atoms with Crippen LogP contribution in [0, 0.1) is 0 Å². The van der Waals surface area contributed by atoms with Gasteiger partial charge in [-0.3, -0.25) is 4.79 Å². The van der Waals surface area contributed by atoms with Crippen LogP contribution >= 0.6 is 11.3 Å². The standard InChI is InChI=1S/C18H13F3N2O5S2/c19-18(20,21)14-8-12(28-22-14)13-6-7-15(29-13)30(26,27)23-17(16(24)25)9-11(17)10-4-2-1-3-5-10/h1-8,11,23H,9H2,(H,24,25)/t11-,17-/m0/s1. The minimum Gasteiger partial charge on any atom is -0.480 e. The van der Waals surface area contributed by atoms with E-state index in [1.54, 1.807) is 30.3 Å². The smallest absolute Gasteiger partial charge is 0.436 e.